The van der Waals surface area contributed by atoms with Gasteiger partial charge in [-0.3, -0.25) is 4.79 Å². The van der Waals surface area contributed by atoms with E-state index in [4.69, 9.17) is 10.5 Å². The molecule has 0 aliphatic heterocycles. The fourth-order valence-electron chi connectivity index (χ4n) is 1.84. The number of amides is 1. The van der Waals surface area contributed by atoms with E-state index in [9.17, 15) is 9.90 Å². The first kappa shape index (κ1) is 13.7. The molecule has 0 spiro atoms. The lowest BCUT2D eigenvalue weighted by Gasteiger charge is -2.12. The van der Waals surface area contributed by atoms with Crippen molar-refractivity contribution in [2.45, 2.75) is 6.92 Å². The second kappa shape index (κ2) is 5.52. The van der Waals surface area contributed by atoms with Gasteiger partial charge in [0.2, 0.25) is 0 Å². The molecule has 0 radical (unpaired) electrons. The summed E-state index contributed by atoms with van der Waals surface area (Å²) in [4.78, 5) is 12.2. The molecular weight excluding hydrogens is 256 g/mol. The number of phenols is 1. The number of nitrogen functional groups attached to an aromatic ring is 1. The molecule has 0 atom stereocenters. The van der Waals surface area contributed by atoms with E-state index >= 15 is 0 Å². The van der Waals surface area contributed by atoms with Crippen LogP contribution in [0.4, 0.5) is 11.4 Å². The van der Waals surface area contributed by atoms with E-state index in [0.29, 0.717) is 17.1 Å². The second-order valence-corrected chi connectivity index (χ2v) is 4.43. The van der Waals surface area contributed by atoms with Gasteiger partial charge < -0.3 is 20.9 Å². The topological polar surface area (TPSA) is 84.6 Å². The summed E-state index contributed by atoms with van der Waals surface area (Å²) in [6.07, 6.45) is 0. The predicted molar refractivity (Wildman–Crippen MR) is 78.2 cm³/mol. The van der Waals surface area contributed by atoms with Crippen molar-refractivity contribution < 1.29 is 14.6 Å². The summed E-state index contributed by atoms with van der Waals surface area (Å²) in [7, 11) is 1.51. The summed E-state index contributed by atoms with van der Waals surface area (Å²) in [6.45, 7) is 1.84. The van der Waals surface area contributed by atoms with E-state index in [1.54, 1.807) is 30.3 Å². The third kappa shape index (κ3) is 2.83. The van der Waals surface area contributed by atoms with Crippen LogP contribution in [-0.2, 0) is 0 Å². The monoisotopic (exact) mass is 272 g/mol. The molecule has 0 aromatic heterocycles. The van der Waals surface area contributed by atoms with E-state index < -0.39 is 5.91 Å². The molecule has 0 saturated carbocycles. The standard InChI is InChI=1S/C15H16N2O3/c1-9-3-5-13(18)11(7-9)15(19)17-12-8-10(16)4-6-14(12)20-2/h3-8,18H,16H2,1-2H3,(H,17,19). The second-order valence-electron chi connectivity index (χ2n) is 4.43. The van der Waals surface area contributed by atoms with E-state index in [-0.39, 0.29) is 11.3 Å². The number of carbonyl (C=O) groups is 1. The maximum atomic E-state index is 12.2. The molecule has 4 N–H and O–H groups in total. The number of rotatable bonds is 3. The molecule has 0 fully saturated rings. The summed E-state index contributed by atoms with van der Waals surface area (Å²) in [5, 5.41) is 12.4. The first-order chi connectivity index (χ1) is 9.51. The predicted octanol–water partition coefficient (Wildman–Crippen LogP) is 2.54. The smallest absolute Gasteiger partial charge is 0.259 e. The Morgan fingerprint density at radius 2 is 2.00 bits per heavy atom. The van der Waals surface area contributed by atoms with E-state index in [2.05, 4.69) is 5.32 Å². The van der Waals surface area contributed by atoms with Gasteiger partial charge in [-0.15, -0.1) is 0 Å². The van der Waals surface area contributed by atoms with E-state index in [1.807, 2.05) is 6.92 Å². The van der Waals surface area contributed by atoms with Crippen LogP contribution < -0.4 is 15.8 Å². The van der Waals surface area contributed by atoms with Gasteiger partial charge in [-0.2, -0.15) is 0 Å². The van der Waals surface area contributed by atoms with Gasteiger partial charge in [0, 0.05) is 5.69 Å². The summed E-state index contributed by atoms with van der Waals surface area (Å²) < 4.78 is 5.16. The summed E-state index contributed by atoms with van der Waals surface area (Å²) in [5.74, 6) is 0.00534. The maximum Gasteiger partial charge on any atom is 0.259 e. The van der Waals surface area contributed by atoms with Crippen LogP contribution in [0.2, 0.25) is 0 Å². The van der Waals surface area contributed by atoms with Crippen molar-refractivity contribution in [3.8, 4) is 11.5 Å². The number of carbonyl (C=O) groups excluding carboxylic acids is 1. The number of anilines is 2. The fraction of sp³-hybridized carbons (Fsp3) is 0.133. The van der Waals surface area contributed by atoms with Crippen molar-refractivity contribution >= 4 is 17.3 Å². The minimum Gasteiger partial charge on any atom is -0.507 e. The molecule has 0 unspecified atom stereocenters. The number of aromatic hydroxyl groups is 1. The quantitative estimate of drug-likeness (QED) is 0.750. The number of ether oxygens (including phenoxy) is 1. The molecule has 5 nitrogen and oxygen atoms in total. The lowest BCUT2D eigenvalue weighted by Crippen LogP contribution is -2.13. The summed E-state index contributed by atoms with van der Waals surface area (Å²) in [6, 6.07) is 9.78. The van der Waals surface area contributed by atoms with Crippen molar-refractivity contribution in [3.05, 3.63) is 47.5 Å². The van der Waals surface area contributed by atoms with Crippen LogP contribution in [0.25, 0.3) is 0 Å². The molecule has 5 heteroatoms. The van der Waals surface area contributed by atoms with Gasteiger partial charge in [0.05, 0.1) is 18.4 Å². The van der Waals surface area contributed by atoms with Crippen molar-refractivity contribution in [1.29, 1.82) is 0 Å². The zero-order valence-corrected chi connectivity index (χ0v) is 11.3. The van der Waals surface area contributed by atoms with Crippen LogP contribution in [0, 0.1) is 6.92 Å². The third-order valence-corrected chi connectivity index (χ3v) is 2.87. The van der Waals surface area contributed by atoms with Crippen LogP contribution in [-0.4, -0.2) is 18.1 Å². The Morgan fingerprint density at radius 3 is 2.70 bits per heavy atom. The zero-order valence-electron chi connectivity index (χ0n) is 11.3. The molecular formula is C15H16N2O3. The molecule has 2 aromatic rings. The largest absolute Gasteiger partial charge is 0.507 e. The molecule has 104 valence electrons. The van der Waals surface area contributed by atoms with Gasteiger partial charge in [-0.25, -0.2) is 0 Å². The van der Waals surface area contributed by atoms with Crippen LogP contribution in [0.5, 0.6) is 11.5 Å². The van der Waals surface area contributed by atoms with E-state index in [1.165, 1.54) is 13.2 Å². The highest BCUT2D eigenvalue weighted by atomic mass is 16.5. The highest BCUT2D eigenvalue weighted by molar-refractivity contribution is 6.07. The Balaban J connectivity index is 2.32. The fourth-order valence-corrected chi connectivity index (χ4v) is 1.84. The Bertz CT molecular complexity index is 654. The maximum absolute atomic E-state index is 12.2. The van der Waals surface area contributed by atoms with Crippen molar-refractivity contribution in [2.24, 2.45) is 0 Å². The molecule has 2 rings (SSSR count). The number of phenolic OH excluding ortho intramolecular Hbond substituents is 1. The molecule has 0 saturated heterocycles. The summed E-state index contributed by atoms with van der Waals surface area (Å²) in [5.41, 5.74) is 7.75. The summed E-state index contributed by atoms with van der Waals surface area (Å²) >= 11 is 0. The number of benzene rings is 2. The average molecular weight is 272 g/mol. The number of nitrogens with one attached hydrogen (secondary N) is 1. The zero-order chi connectivity index (χ0) is 14.7. The van der Waals surface area contributed by atoms with Crippen LogP contribution in [0.1, 0.15) is 15.9 Å². The van der Waals surface area contributed by atoms with Crippen molar-refractivity contribution in [2.75, 3.05) is 18.2 Å². The first-order valence-corrected chi connectivity index (χ1v) is 6.05. The third-order valence-electron chi connectivity index (χ3n) is 2.87. The van der Waals surface area contributed by atoms with Crippen LogP contribution in [0.15, 0.2) is 36.4 Å². The lowest BCUT2D eigenvalue weighted by atomic mass is 10.1. The minimum atomic E-state index is -0.421. The number of hydrogen-bond donors (Lipinski definition) is 3. The lowest BCUT2D eigenvalue weighted by molar-refractivity contribution is 0.102. The van der Waals surface area contributed by atoms with Gasteiger partial charge in [-0.05, 0) is 37.3 Å². The van der Waals surface area contributed by atoms with E-state index in [0.717, 1.165) is 5.56 Å². The highest BCUT2D eigenvalue weighted by Gasteiger charge is 2.14. The minimum absolute atomic E-state index is 0.0732. The Hall–Kier alpha value is -2.69. The van der Waals surface area contributed by atoms with Gasteiger partial charge in [0.25, 0.3) is 5.91 Å². The molecule has 20 heavy (non-hydrogen) atoms. The van der Waals surface area contributed by atoms with Gasteiger partial charge in [0.15, 0.2) is 0 Å². The average Bonchev–Trinajstić information content (AvgIpc) is 2.41. The molecule has 0 aliphatic carbocycles. The number of hydrogen-bond acceptors (Lipinski definition) is 4. The Labute approximate surface area is 117 Å². The Kier molecular flexibility index (Phi) is 3.79. The highest BCUT2D eigenvalue weighted by Crippen LogP contribution is 2.28. The number of nitrogens with two attached hydrogens (primary N) is 1. The van der Waals surface area contributed by atoms with Crippen LogP contribution in [0.3, 0.4) is 0 Å². The SMILES string of the molecule is COc1ccc(N)cc1NC(=O)c1cc(C)ccc1O. The van der Waals surface area contributed by atoms with Crippen LogP contribution >= 0.6 is 0 Å². The van der Waals surface area contributed by atoms with Crippen molar-refractivity contribution in [3.63, 3.8) is 0 Å². The number of methoxy groups -OCH3 is 1. The molecule has 0 bridgehead atoms. The van der Waals surface area contributed by atoms with Gasteiger partial charge in [0.1, 0.15) is 11.5 Å². The molecule has 0 heterocycles. The normalized spacial score (nSPS) is 10.1. The van der Waals surface area contributed by atoms with Crippen molar-refractivity contribution in [1.82, 2.24) is 0 Å². The number of aryl methyl sites for hydroxylation is 1. The molecule has 2 aromatic carbocycles. The Morgan fingerprint density at radius 1 is 1.25 bits per heavy atom. The molecule has 0 aliphatic rings. The molecule has 1 amide bonds. The van der Waals surface area contributed by atoms with Gasteiger partial charge in [-0.1, -0.05) is 11.6 Å². The van der Waals surface area contributed by atoms with Gasteiger partial charge >= 0.3 is 0 Å². The first-order valence-electron chi connectivity index (χ1n) is 6.05.